The van der Waals surface area contributed by atoms with Crippen molar-refractivity contribution < 1.29 is 4.42 Å². The number of hydrogen-bond acceptors (Lipinski definition) is 1. The number of hydrogen-bond donors (Lipinski definition) is 0. The first-order valence-electron chi connectivity index (χ1n) is 20.9. The van der Waals surface area contributed by atoms with Crippen LogP contribution >= 0.6 is 0 Å². The number of furan rings is 1. The maximum atomic E-state index is 6.69. The van der Waals surface area contributed by atoms with Crippen LogP contribution in [0.4, 0.5) is 0 Å². The molecular weight excluding hydrogens is 715 g/mol. The summed E-state index contributed by atoms with van der Waals surface area (Å²) in [6.45, 7) is 4.77. The number of nitrogens with zero attached hydrogens (tertiary/aromatic N) is 1. The summed E-state index contributed by atoms with van der Waals surface area (Å²) in [6, 6.07) is 63.4. The van der Waals surface area contributed by atoms with Crippen LogP contribution < -0.4 is 10.6 Å². The zero-order valence-corrected chi connectivity index (χ0v) is 33.0. The van der Waals surface area contributed by atoms with Crippen LogP contribution in [0.5, 0.6) is 0 Å². The average Bonchev–Trinajstić information content (AvgIpc) is 3.90. The summed E-state index contributed by atoms with van der Waals surface area (Å²) in [6.07, 6.45) is 4.27. The second-order valence-electron chi connectivity index (χ2n) is 17.1. The lowest BCUT2D eigenvalue weighted by Gasteiger charge is -2.23. The van der Waals surface area contributed by atoms with E-state index in [9.17, 15) is 0 Å². The molecule has 13 rings (SSSR count). The Hall–Kier alpha value is -7.16. The molecule has 0 spiro atoms. The van der Waals surface area contributed by atoms with Crippen LogP contribution in [0.15, 0.2) is 174 Å². The lowest BCUT2D eigenvalue weighted by molar-refractivity contribution is 0.568. The van der Waals surface area contributed by atoms with E-state index in [1.54, 1.807) is 0 Å². The second kappa shape index (κ2) is 11.9. The predicted molar refractivity (Wildman–Crippen MR) is 248 cm³/mol. The van der Waals surface area contributed by atoms with E-state index in [4.69, 9.17) is 4.42 Å². The van der Waals surface area contributed by atoms with E-state index in [0.717, 1.165) is 23.8 Å². The lowest BCUT2D eigenvalue weighted by atomic mass is 9.82. The van der Waals surface area contributed by atoms with Gasteiger partial charge in [0.05, 0.1) is 16.7 Å². The number of aromatic nitrogens is 1. The molecule has 0 N–H and O–H groups in total. The minimum Gasteiger partial charge on any atom is -0.456 e. The largest absolute Gasteiger partial charge is 0.456 e. The molecule has 2 nitrogen and oxygen atoms in total. The third kappa shape index (κ3) is 4.52. The zero-order valence-electron chi connectivity index (χ0n) is 33.0. The van der Waals surface area contributed by atoms with Crippen LogP contribution in [0.25, 0.3) is 105 Å². The summed E-state index contributed by atoms with van der Waals surface area (Å²) in [5.74, 6) is 0. The molecule has 11 aromatic rings. The van der Waals surface area contributed by atoms with Crippen molar-refractivity contribution in [3.63, 3.8) is 0 Å². The fraction of sp³-hybridized carbons (Fsp3) is 0.0877. The average molecular weight is 754 g/mol. The molecule has 278 valence electrons. The molecule has 0 atom stereocenters. The van der Waals surface area contributed by atoms with Crippen LogP contribution in [-0.4, -0.2) is 4.57 Å². The number of para-hydroxylation sites is 2. The fourth-order valence-corrected chi connectivity index (χ4v) is 10.9. The van der Waals surface area contributed by atoms with E-state index < -0.39 is 0 Å². The van der Waals surface area contributed by atoms with Crippen molar-refractivity contribution in [3.8, 4) is 27.9 Å². The monoisotopic (exact) mass is 753 g/mol. The van der Waals surface area contributed by atoms with E-state index in [1.165, 1.54) is 115 Å². The standard InChI is InChI=1S/C57H39NO/c1-57(2)49-23-10-7-16-39(49)46-32-47-40-17-8-11-24-51(40)58(52(47)33-50(46)57)55-43-20-6-5-19-42(43)54(37-27-26-34-14-3-4-15-35(34)30-37)48-31-36(28-29-44(48)55)38-21-13-22-45-41-18-9-12-25-53(41)59-56(38)45/h3-12,14-20,22-33H,13,21H2,1-2H3. The maximum Gasteiger partial charge on any atom is 0.138 e. The number of fused-ring (bicyclic) bond motifs is 12. The first-order chi connectivity index (χ1) is 29.0. The van der Waals surface area contributed by atoms with Crippen molar-refractivity contribution >= 4 is 76.7 Å². The summed E-state index contributed by atoms with van der Waals surface area (Å²) in [5.41, 5.74) is 16.0. The molecule has 2 aliphatic rings. The molecule has 59 heavy (non-hydrogen) atoms. The third-order valence-corrected chi connectivity index (χ3v) is 13.6. The molecule has 0 fully saturated rings. The summed E-state index contributed by atoms with van der Waals surface area (Å²) in [7, 11) is 0. The SMILES string of the molecule is CC1(C)c2ccccc2-c2cc3c4ccccc4n(-c4c5ccccc5c(-c5ccc6ccccc6c5)c5cc(C6=c7oc8ccccc8c7=CCC6)ccc45)c3cc21. The van der Waals surface area contributed by atoms with Crippen LogP contribution in [0.3, 0.4) is 0 Å². The molecule has 0 saturated carbocycles. The molecule has 2 heterocycles. The fourth-order valence-electron chi connectivity index (χ4n) is 10.9. The summed E-state index contributed by atoms with van der Waals surface area (Å²) in [5, 5.41) is 12.4. The van der Waals surface area contributed by atoms with Crippen LogP contribution in [0.1, 0.15) is 43.4 Å². The van der Waals surface area contributed by atoms with Gasteiger partial charge in [0.2, 0.25) is 0 Å². The highest BCUT2D eigenvalue weighted by Crippen LogP contribution is 2.52. The van der Waals surface area contributed by atoms with Gasteiger partial charge in [-0.2, -0.15) is 0 Å². The lowest BCUT2D eigenvalue weighted by Crippen LogP contribution is -2.26. The summed E-state index contributed by atoms with van der Waals surface area (Å²) >= 11 is 0. The molecule has 2 aliphatic carbocycles. The van der Waals surface area contributed by atoms with Crippen molar-refractivity contribution in [2.24, 2.45) is 0 Å². The normalized spacial score (nSPS) is 14.4. The number of rotatable bonds is 3. The third-order valence-electron chi connectivity index (χ3n) is 13.6. The van der Waals surface area contributed by atoms with Gasteiger partial charge in [0.1, 0.15) is 11.0 Å². The van der Waals surface area contributed by atoms with Gasteiger partial charge in [-0.05, 0) is 110 Å². The van der Waals surface area contributed by atoms with Crippen molar-refractivity contribution in [1.29, 1.82) is 0 Å². The van der Waals surface area contributed by atoms with E-state index in [2.05, 4.69) is 194 Å². The minimum absolute atomic E-state index is 0.121. The van der Waals surface area contributed by atoms with E-state index in [0.29, 0.717) is 0 Å². The van der Waals surface area contributed by atoms with Crippen LogP contribution in [0.2, 0.25) is 0 Å². The van der Waals surface area contributed by atoms with Crippen molar-refractivity contribution in [1.82, 2.24) is 4.57 Å². The molecule has 0 amide bonds. The first-order valence-corrected chi connectivity index (χ1v) is 20.9. The molecule has 2 aromatic heterocycles. The Balaban J connectivity index is 1.18. The van der Waals surface area contributed by atoms with Crippen molar-refractivity contribution in [2.45, 2.75) is 32.1 Å². The van der Waals surface area contributed by atoms with Gasteiger partial charge in [-0.15, -0.1) is 0 Å². The highest BCUT2D eigenvalue weighted by Gasteiger charge is 2.36. The molecular formula is C57H39NO. The molecule has 0 radical (unpaired) electrons. The van der Waals surface area contributed by atoms with E-state index >= 15 is 0 Å². The Morgan fingerprint density at radius 2 is 1.20 bits per heavy atom. The quantitative estimate of drug-likeness (QED) is 0.164. The van der Waals surface area contributed by atoms with Crippen molar-refractivity contribution in [3.05, 3.63) is 197 Å². The van der Waals surface area contributed by atoms with Crippen LogP contribution in [0, 0.1) is 0 Å². The van der Waals surface area contributed by atoms with Gasteiger partial charge in [0, 0.05) is 43.1 Å². The van der Waals surface area contributed by atoms with Gasteiger partial charge < -0.3 is 8.98 Å². The van der Waals surface area contributed by atoms with E-state index in [-0.39, 0.29) is 5.41 Å². The second-order valence-corrected chi connectivity index (χ2v) is 17.1. The van der Waals surface area contributed by atoms with Gasteiger partial charge in [0.25, 0.3) is 0 Å². The highest BCUT2D eigenvalue weighted by atomic mass is 16.3. The Kier molecular flexibility index (Phi) is 6.65. The topological polar surface area (TPSA) is 18.1 Å². The Morgan fingerprint density at radius 1 is 0.492 bits per heavy atom. The molecule has 0 aliphatic heterocycles. The number of benzene rings is 9. The molecule has 0 bridgehead atoms. The Morgan fingerprint density at radius 3 is 2.10 bits per heavy atom. The van der Waals surface area contributed by atoms with Crippen molar-refractivity contribution in [2.75, 3.05) is 0 Å². The molecule has 0 unspecified atom stereocenters. The first kappa shape index (κ1) is 32.9. The molecule has 0 saturated heterocycles. The van der Waals surface area contributed by atoms with Gasteiger partial charge in [-0.25, -0.2) is 0 Å². The summed E-state index contributed by atoms with van der Waals surface area (Å²) < 4.78 is 9.27. The van der Waals surface area contributed by atoms with Gasteiger partial charge in [-0.3, -0.25) is 0 Å². The van der Waals surface area contributed by atoms with E-state index in [1.807, 2.05) is 0 Å². The zero-order chi connectivity index (χ0) is 39.0. The van der Waals surface area contributed by atoms with Gasteiger partial charge >= 0.3 is 0 Å². The Labute approximate surface area is 341 Å². The summed E-state index contributed by atoms with van der Waals surface area (Å²) in [4.78, 5) is 0. The van der Waals surface area contributed by atoms with Gasteiger partial charge in [-0.1, -0.05) is 153 Å². The smallest absolute Gasteiger partial charge is 0.138 e. The maximum absolute atomic E-state index is 6.69. The molecule has 9 aromatic carbocycles. The van der Waals surface area contributed by atoms with Crippen LogP contribution in [-0.2, 0) is 5.41 Å². The predicted octanol–water partition coefficient (Wildman–Crippen LogP) is 13.7. The Bertz CT molecular complexity index is 3760. The highest BCUT2D eigenvalue weighted by molar-refractivity contribution is 6.22. The molecule has 2 heteroatoms. The van der Waals surface area contributed by atoms with Gasteiger partial charge in [0.15, 0.2) is 0 Å². The minimum atomic E-state index is -0.121.